The average molecular weight is 353 g/mol. The lowest BCUT2D eigenvalue weighted by Crippen LogP contribution is -2.05. The van der Waals surface area contributed by atoms with E-state index in [1.54, 1.807) is 18.9 Å². The number of halogens is 1. The first-order chi connectivity index (χ1) is 9.74. The molecule has 0 saturated heterocycles. The molecule has 0 aliphatic heterocycles. The number of thioether (sulfide) groups is 1. The number of methoxy groups -OCH3 is 1. The normalized spacial score (nSPS) is 10.6. The van der Waals surface area contributed by atoms with Crippen LogP contribution in [0.1, 0.15) is 11.1 Å². The summed E-state index contributed by atoms with van der Waals surface area (Å²) in [7, 11) is 3.65. The van der Waals surface area contributed by atoms with Crippen molar-refractivity contribution in [3.05, 3.63) is 52.1 Å². The predicted octanol–water partition coefficient (Wildman–Crippen LogP) is 3.86. The smallest absolute Gasteiger partial charge is 0.122 e. The molecule has 1 aromatic heterocycles. The summed E-state index contributed by atoms with van der Waals surface area (Å²) >= 11 is 5.22. The van der Waals surface area contributed by atoms with Gasteiger partial charge in [0.25, 0.3) is 0 Å². The molecule has 1 heterocycles. The van der Waals surface area contributed by atoms with E-state index in [2.05, 4.69) is 38.4 Å². The number of benzene rings is 1. The number of ether oxygens (including phenoxy) is 1. The van der Waals surface area contributed by atoms with Crippen LogP contribution in [0.3, 0.4) is 0 Å². The molecule has 0 saturated carbocycles. The second-order valence-corrected chi connectivity index (χ2v) is 6.07. The molecule has 2 rings (SSSR count). The molecule has 0 spiro atoms. The summed E-state index contributed by atoms with van der Waals surface area (Å²) in [6.45, 7) is 0.856. The summed E-state index contributed by atoms with van der Waals surface area (Å²) < 4.78 is 6.45. The van der Waals surface area contributed by atoms with E-state index in [0.29, 0.717) is 0 Å². The van der Waals surface area contributed by atoms with Gasteiger partial charge in [-0.25, -0.2) is 4.98 Å². The molecule has 2 aromatic rings. The van der Waals surface area contributed by atoms with Gasteiger partial charge in [-0.1, -0.05) is 6.07 Å². The van der Waals surface area contributed by atoms with Gasteiger partial charge in [0.05, 0.1) is 7.11 Å². The van der Waals surface area contributed by atoms with Crippen LogP contribution in [0.15, 0.2) is 46.0 Å². The third-order valence-corrected chi connectivity index (χ3v) is 4.77. The summed E-state index contributed by atoms with van der Waals surface area (Å²) in [5, 5.41) is 4.16. The Morgan fingerprint density at radius 3 is 2.90 bits per heavy atom. The Labute approximate surface area is 132 Å². The second kappa shape index (κ2) is 7.67. The minimum atomic E-state index is 0.830. The maximum absolute atomic E-state index is 5.43. The molecule has 1 N–H and O–H groups in total. The number of nitrogens with zero attached hydrogens (tertiary/aromatic N) is 1. The standard InChI is InChI=1S/C15H17BrN2OS/c1-17-9-11-5-6-14(19-2)12(8-11)10-20-15-13(16)4-3-7-18-15/h3-8,17H,9-10H2,1-2H3. The van der Waals surface area contributed by atoms with E-state index in [0.717, 1.165) is 27.5 Å². The Morgan fingerprint density at radius 1 is 1.35 bits per heavy atom. The van der Waals surface area contributed by atoms with E-state index in [-0.39, 0.29) is 0 Å². The van der Waals surface area contributed by atoms with E-state index in [1.807, 2.05) is 31.4 Å². The second-order valence-electron chi connectivity index (χ2n) is 4.26. The number of nitrogens with one attached hydrogen (secondary N) is 1. The Morgan fingerprint density at radius 2 is 2.20 bits per heavy atom. The lowest BCUT2D eigenvalue weighted by molar-refractivity contribution is 0.411. The molecule has 0 bridgehead atoms. The molecule has 0 aliphatic rings. The van der Waals surface area contributed by atoms with E-state index < -0.39 is 0 Å². The van der Waals surface area contributed by atoms with E-state index in [9.17, 15) is 0 Å². The maximum atomic E-state index is 5.43. The molecule has 0 fully saturated rings. The third kappa shape index (κ3) is 3.98. The number of pyridine rings is 1. The molecule has 1 aromatic carbocycles. The highest BCUT2D eigenvalue weighted by molar-refractivity contribution is 9.10. The zero-order valence-electron chi connectivity index (χ0n) is 11.5. The van der Waals surface area contributed by atoms with Crippen LogP contribution in [0, 0.1) is 0 Å². The lowest BCUT2D eigenvalue weighted by Gasteiger charge is -2.11. The van der Waals surface area contributed by atoms with Crippen molar-refractivity contribution in [2.75, 3.05) is 14.2 Å². The van der Waals surface area contributed by atoms with Crippen molar-refractivity contribution in [3.8, 4) is 5.75 Å². The molecular weight excluding hydrogens is 336 g/mol. The monoisotopic (exact) mass is 352 g/mol. The molecule has 0 radical (unpaired) electrons. The number of hydrogen-bond acceptors (Lipinski definition) is 4. The van der Waals surface area contributed by atoms with Gasteiger partial charge in [0.15, 0.2) is 0 Å². The fourth-order valence-corrected chi connectivity index (χ4v) is 3.34. The molecule has 0 atom stereocenters. The molecular formula is C15H17BrN2OS. The molecule has 20 heavy (non-hydrogen) atoms. The zero-order chi connectivity index (χ0) is 14.4. The quantitative estimate of drug-likeness (QED) is 0.800. The minimum absolute atomic E-state index is 0.830. The van der Waals surface area contributed by atoms with Crippen molar-refractivity contribution >= 4 is 27.7 Å². The van der Waals surface area contributed by atoms with Gasteiger partial charge in [0.1, 0.15) is 10.8 Å². The van der Waals surface area contributed by atoms with Crippen molar-refractivity contribution in [1.82, 2.24) is 10.3 Å². The van der Waals surface area contributed by atoms with Gasteiger partial charge in [-0.15, -0.1) is 11.8 Å². The van der Waals surface area contributed by atoms with Gasteiger partial charge in [0.2, 0.25) is 0 Å². The average Bonchev–Trinajstić information content (AvgIpc) is 2.47. The van der Waals surface area contributed by atoms with Crippen LogP contribution >= 0.6 is 27.7 Å². The summed E-state index contributed by atoms with van der Waals surface area (Å²) in [6.07, 6.45) is 1.81. The van der Waals surface area contributed by atoms with Crippen LogP contribution < -0.4 is 10.1 Å². The van der Waals surface area contributed by atoms with E-state index >= 15 is 0 Å². The van der Waals surface area contributed by atoms with Crippen LogP contribution in [0.5, 0.6) is 5.75 Å². The Hall–Kier alpha value is -1.04. The highest BCUT2D eigenvalue weighted by Crippen LogP contribution is 2.31. The number of aromatic nitrogens is 1. The maximum Gasteiger partial charge on any atom is 0.122 e. The third-order valence-electron chi connectivity index (χ3n) is 2.81. The Balaban J connectivity index is 2.15. The first-order valence-corrected chi connectivity index (χ1v) is 8.06. The van der Waals surface area contributed by atoms with E-state index in [1.165, 1.54) is 11.1 Å². The first kappa shape index (κ1) is 15.4. The van der Waals surface area contributed by atoms with Crippen molar-refractivity contribution in [2.24, 2.45) is 0 Å². The van der Waals surface area contributed by atoms with Gasteiger partial charge in [0, 0.05) is 28.5 Å². The van der Waals surface area contributed by atoms with Gasteiger partial charge >= 0.3 is 0 Å². The van der Waals surface area contributed by atoms with Crippen LogP contribution in [0.4, 0.5) is 0 Å². The highest BCUT2D eigenvalue weighted by atomic mass is 79.9. The summed E-state index contributed by atoms with van der Waals surface area (Å²) in [6, 6.07) is 10.2. The van der Waals surface area contributed by atoms with E-state index in [4.69, 9.17) is 4.74 Å². The minimum Gasteiger partial charge on any atom is -0.496 e. The van der Waals surface area contributed by atoms with Crippen LogP contribution in [0.25, 0.3) is 0 Å². The topological polar surface area (TPSA) is 34.1 Å². The summed E-state index contributed by atoms with van der Waals surface area (Å²) in [5.41, 5.74) is 2.44. The number of rotatable bonds is 6. The fourth-order valence-electron chi connectivity index (χ4n) is 1.88. The molecule has 106 valence electrons. The first-order valence-electron chi connectivity index (χ1n) is 6.28. The van der Waals surface area contributed by atoms with Crippen molar-refractivity contribution in [2.45, 2.75) is 17.3 Å². The Kier molecular flexibility index (Phi) is 5.88. The van der Waals surface area contributed by atoms with Crippen molar-refractivity contribution < 1.29 is 4.74 Å². The van der Waals surface area contributed by atoms with Crippen LogP contribution in [-0.4, -0.2) is 19.1 Å². The highest BCUT2D eigenvalue weighted by Gasteiger charge is 2.07. The number of hydrogen-bond donors (Lipinski definition) is 1. The Bertz CT molecular complexity index is 578. The molecule has 0 amide bonds. The zero-order valence-corrected chi connectivity index (χ0v) is 13.9. The molecule has 3 nitrogen and oxygen atoms in total. The molecule has 0 unspecified atom stereocenters. The van der Waals surface area contributed by atoms with Crippen LogP contribution in [-0.2, 0) is 12.3 Å². The lowest BCUT2D eigenvalue weighted by atomic mass is 10.1. The summed E-state index contributed by atoms with van der Waals surface area (Å²) in [5.74, 6) is 1.75. The summed E-state index contributed by atoms with van der Waals surface area (Å²) in [4.78, 5) is 4.37. The van der Waals surface area contributed by atoms with Crippen LogP contribution in [0.2, 0.25) is 0 Å². The van der Waals surface area contributed by atoms with Gasteiger partial charge in [-0.05, 0) is 52.8 Å². The van der Waals surface area contributed by atoms with Gasteiger partial charge in [-0.3, -0.25) is 0 Å². The van der Waals surface area contributed by atoms with Gasteiger partial charge < -0.3 is 10.1 Å². The van der Waals surface area contributed by atoms with Gasteiger partial charge in [-0.2, -0.15) is 0 Å². The fraction of sp³-hybridized carbons (Fsp3) is 0.267. The predicted molar refractivity (Wildman–Crippen MR) is 87.3 cm³/mol. The molecule has 5 heteroatoms. The van der Waals surface area contributed by atoms with Crippen molar-refractivity contribution in [1.29, 1.82) is 0 Å². The largest absolute Gasteiger partial charge is 0.496 e. The SMILES string of the molecule is CNCc1ccc(OC)c(CSc2ncccc2Br)c1. The van der Waals surface area contributed by atoms with Crippen molar-refractivity contribution in [3.63, 3.8) is 0 Å². The molecule has 0 aliphatic carbocycles.